The number of esters is 2. The van der Waals surface area contributed by atoms with Crippen LogP contribution in [-0.4, -0.2) is 138 Å². The number of nitrogens with zero attached hydrogens (tertiary/aromatic N) is 1. The lowest BCUT2D eigenvalue weighted by atomic mass is 9.72. The van der Waals surface area contributed by atoms with Gasteiger partial charge in [-0.1, -0.05) is 67.5 Å². The maximum atomic E-state index is 14.9. The van der Waals surface area contributed by atoms with Gasteiger partial charge in [0.15, 0.2) is 11.9 Å². The van der Waals surface area contributed by atoms with Gasteiger partial charge in [0, 0.05) is 87.1 Å². The Labute approximate surface area is 465 Å². The number of aliphatic hydroxyl groups excluding tert-OH is 1. The topological polar surface area (TPSA) is 172 Å². The zero-order valence-corrected chi connectivity index (χ0v) is 49.4. The highest BCUT2D eigenvalue weighted by atomic mass is 35.5. The summed E-state index contributed by atoms with van der Waals surface area (Å²) >= 11 is 11.9. The Balaban J connectivity index is 1.01. The summed E-state index contributed by atoms with van der Waals surface area (Å²) in [6.07, 6.45) is 8.95. The van der Waals surface area contributed by atoms with Crippen LogP contribution >= 0.6 is 23.2 Å². The van der Waals surface area contributed by atoms with Gasteiger partial charge in [0.05, 0.1) is 47.8 Å². The second kappa shape index (κ2) is 27.9. The maximum Gasteiger partial charge on any atom is 0.305 e. The molecule has 5 aliphatic heterocycles. The fraction of sp³-hybridized carbons (Fsp3) is 0.817. The standard InChI is InChI=1S/C60H96Cl2N2O12/c1-12-46(37-63-32-35-70-52(66)17-15-16-45-19-21-47(22-20-45)64(33-30-61)34-31-62)49-23-18-38(4)55(73-49)42(8)53(67)41(7)54(68)48(13-2)56-39(5)36-40(6)59(74-56)27-25-51(72-44(10)65)60(76-59)29-28-57(11,75-60)50-24-26-58(69,14-3)43(9)71-50/h19-22,25,27,38-43,46,48-51,53,55-56,63,67,69H,12-18,23-24,26,28-37H2,1-11H3/t38-,39-,40+,41-,42-,43-,46?,48-,49+,50+,51+,53+,55+,56-,57-,58+,59-,60-/m0/s1. The lowest BCUT2D eigenvalue weighted by Gasteiger charge is -2.54. The number of Topliss-reactive ketones (excluding diaryl/α,β-unsaturated/α-hetero) is 1. The first-order valence-corrected chi connectivity index (χ1v) is 30.2. The first-order chi connectivity index (χ1) is 36.1. The Morgan fingerprint density at radius 1 is 0.908 bits per heavy atom. The van der Waals surface area contributed by atoms with E-state index in [4.69, 9.17) is 56.4 Å². The van der Waals surface area contributed by atoms with E-state index in [2.05, 4.69) is 62.2 Å². The number of halogens is 2. The molecule has 4 fully saturated rings. The largest absolute Gasteiger partial charge is 0.464 e. The Bertz CT molecular complexity index is 2040. The molecule has 5 aliphatic rings. The molecule has 0 aliphatic carbocycles. The van der Waals surface area contributed by atoms with E-state index in [0.717, 1.165) is 44.5 Å². The van der Waals surface area contributed by atoms with Gasteiger partial charge in [0.2, 0.25) is 5.79 Å². The van der Waals surface area contributed by atoms with Crippen LogP contribution in [0, 0.1) is 41.4 Å². The third kappa shape index (κ3) is 14.8. The molecular weight excluding hydrogens is 1010 g/mol. The number of rotatable bonds is 26. The predicted octanol–water partition coefficient (Wildman–Crippen LogP) is 10.1. The molecule has 0 radical (unpaired) electrons. The van der Waals surface area contributed by atoms with Gasteiger partial charge < -0.3 is 53.6 Å². The van der Waals surface area contributed by atoms with Crippen molar-refractivity contribution in [3.63, 3.8) is 0 Å². The Kier molecular flexibility index (Phi) is 23.0. The summed E-state index contributed by atoms with van der Waals surface area (Å²) in [5.74, 6) is -3.58. The van der Waals surface area contributed by atoms with Crippen molar-refractivity contribution >= 4 is 46.6 Å². The minimum Gasteiger partial charge on any atom is -0.464 e. The highest BCUT2D eigenvalue weighted by molar-refractivity contribution is 6.18. The Hall–Kier alpha value is -2.37. The number of anilines is 1. The van der Waals surface area contributed by atoms with E-state index in [9.17, 15) is 24.6 Å². The first kappa shape index (κ1) is 62.8. The summed E-state index contributed by atoms with van der Waals surface area (Å²) in [7, 11) is 0. The normalized spacial score (nSPS) is 35.6. The predicted molar refractivity (Wildman–Crippen MR) is 297 cm³/mol. The van der Waals surface area contributed by atoms with Gasteiger partial charge in [-0.15, -0.1) is 23.2 Å². The second-order valence-electron chi connectivity index (χ2n) is 23.6. The van der Waals surface area contributed by atoms with Crippen molar-refractivity contribution in [2.45, 2.75) is 225 Å². The van der Waals surface area contributed by atoms with Gasteiger partial charge >= 0.3 is 11.9 Å². The van der Waals surface area contributed by atoms with Gasteiger partial charge in [-0.25, -0.2) is 0 Å². The SMILES string of the molecule is CCC(CNCCOC(=O)CCCc1ccc(N(CCCl)CCCl)cc1)[C@H]1CC[C@H](C)[C@H]([C@@H](C)[C@H](O)[C@H](C)C(=O)[C@H](CC)[C@H]2O[C@]3(C=C[C@@H](OC(C)=O)[C@]4(CC[C@@](C)([C@H]5CC[C@](O)(CC)[C@H](C)O5)O4)O3)[C@H](C)C[C@@H]2C)O1. The van der Waals surface area contributed by atoms with Crippen LogP contribution in [0.1, 0.15) is 159 Å². The van der Waals surface area contributed by atoms with Crippen LogP contribution in [-0.2, 0) is 54.0 Å². The lowest BCUT2D eigenvalue weighted by Crippen LogP contribution is -2.63. The summed E-state index contributed by atoms with van der Waals surface area (Å²) in [6.45, 7) is 24.7. The molecule has 18 atom stereocenters. The number of hydrogen-bond acceptors (Lipinski definition) is 14. The van der Waals surface area contributed by atoms with Crippen LogP contribution in [0.2, 0.25) is 0 Å². The first-order valence-electron chi connectivity index (χ1n) is 29.1. The van der Waals surface area contributed by atoms with Crippen LogP contribution in [0.25, 0.3) is 0 Å². The molecule has 1 aromatic carbocycles. The maximum absolute atomic E-state index is 14.9. The minimum atomic E-state index is -1.38. The minimum absolute atomic E-state index is 0.00514. The highest BCUT2D eigenvalue weighted by Crippen LogP contribution is 2.55. The van der Waals surface area contributed by atoms with Gasteiger partial charge in [-0.3, -0.25) is 14.4 Å². The summed E-state index contributed by atoms with van der Waals surface area (Å²) < 4.78 is 46.3. The number of aryl methyl sites for hydroxylation is 1. The average Bonchev–Trinajstić information content (AvgIpc) is 3.82. The second-order valence-corrected chi connectivity index (χ2v) is 24.4. The third-order valence-electron chi connectivity index (χ3n) is 18.4. The van der Waals surface area contributed by atoms with Gasteiger partial charge in [0.25, 0.3) is 0 Å². The van der Waals surface area contributed by atoms with E-state index < -0.39 is 58.9 Å². The molecule has 4 saturated heterocycles. The average molecular weight is 1110 g/mol. The van der Waals surface area contributed by atoms with Gasteiger partial charge in [-0.2, -0.15) is 0 Å². The zero-order valence-electron chi connectivity index (χ0n) is 47.9. The molecule has 0 saturated carbocycles. The molecule has 76 heavy (non-hydrogen) atoms. The van der Waals surface area contributed by atoms with E-state index in [-0.39, 0.29) is 65.8 Å². The summed E-state index contributed by atoms with van der Waals surface area (Å²) in [5.41, 5.74) is 0.547. The number of ketones is 1. The van der Waals surface area contributed by atoms with Crippen LogP contribution in [0.3, 0.4) is 0 Å². The van der Waals surface area contributed by atoms with Crippen molar-refractivity contribution < 1.29 is 57.8 Å². The van der Waals surface area contributed by atoms with Gasteiger partial charge in [0.1, 0.15) is 12.4 Å². The van der Waals surface area contributed by atoms with Crippen molar-refractivity contribution in [3.8, 4) is 0 Å². The van der Waals surface area contributed by atoms with Crippen LogP contribution in [0.5, 0.6) is 0 Å². The van der Waals surface area contributed by atoms with E-state index in [1.54, 1.807) is 0 Å². The van der Waals surface area contributed by atoms with Crippen LogP contribution < -0.4 is 10.2 Å². The molecule has 5 heterocycles. The summed E-state index contributed by atoms with van der Waals surface area (Å²) in [5, 5.41) is 26.8. The molecule has 1 aromatic rings. The fourth-order valence-electron chi connectivity index (χ4n) is 13.3. The zero-order chi connectivity index (χ0) is 55.6. The molecule has 3 N–H and O–H groups in total. The molecule has 432 valence electrons. The van der Waals surface area contributed by atoms with Crippen LogP contribution in [0.15, 0.2) is 36.4 Å². The molecule has 14 nitrogen and oxygen atoms in total. The number of carbonyl (C=O) groups is 3. The van der Waals surface area contributed by atoms with Crippen molar-refractivity contribution in [2.75, 3.05) is 49.4 Å². The quantitative estimate of drug-likeness (QED) is 0.0346. The molecule has 0 aromatic heterocycles. The third-order valence-corrected chi connectivity index (χ3v) is 18.7. The van der Waals surface area contributed by atoms with Crippen LogP contribution in [0.4, 0.5) is 5.69 Å². The van der Waals surface area contributed by atoms with E-state index in [1.807, 2.05) is 53.7 Å². The van der Waals surface area contributed by atoms with Crippen molar-refractivity contribution in [3.05, 3.63) is 42.0 Å². The van der Waals surface area contributed by atoms with E-state index in [1.165, 1.54) is 12.5 Å². The van der Waals surface area contributed by atoms with Gasteiger partial charge in [-0.05, 0) is 132 Å². The number of ether oxygens (including phenoxy) is 7. The number of nitrogens with one attached hydrogen (secondary N) is 1. The summed E-state index contributed by atoms with van der Waals surface area (Å²) in [6, 6.07) is 8.35. The summed E-state index contributed by atoms with van der Waals surface area (Å²) in [4.78, 5) is 42.2. The smallest absolute Gasteiger partial charge is 0.305 e. The number of aliphatic hydroxyl groups is 2. The molecule has 0 amide bonds. The molecule has 0 bridgehead atoms. The van der Waals surface area contributed by atoms with E-state index in [0.29, 0.717) is 89.2 Å². The van der Waals surface area contributed by atoms with E-state index >= 15 is 0 Å². The number of benzene rings is 1. The fourth-order valence-corrected chi connectivity index (χ4v) is 13.7. The van der Waals surface area contributed by atoms with Crippen molar-refractivity contribution in [1.29, 1.82) is 0 Å². The number of alkyl halides is 2. The molecular formula is C60H96Cl2N2O12. The molecule has 6 rings (SSSR count). The Morgan fingerprint density at radius 3 is 2.25 bits per heavy atom. The Morgan fingerprint density at radius 2 is 1.62 bits per heavy atom. The van der Waals surface area contributed by atoms with Crippen molar-refractivity contribution in [1.82, 2.24) is 5.32 Å². The monoisotopic (exact) mass is 1110 g/mol. The number of hydrogen-bond donors (Lipinski definition) is 3. The lowest BCUT2D eigenvalue weighted by molar-refractivity contribution is -0.409. The highest BCUT2D eigenvalue weighted by Gasteiger charge is 2.64. The van der Waals surface area contributed by atoms with Crippen molar-refractivity contribution in [2.24, 2.45) is 41.4 Å². The molecule has 16 heteroatoms. The number of carbonyl (C=O) groups excluding carboxylic acids is 3. The molecule has 2 spiro atoms. The molecule has 1 unspecified atom stereocenters.